The Hall–Kier alpha value is -0.0800. The van der Waals surface area contributed by atoms with Crippen LogP contribution in [-0.4, -0.2) is 30.6 Å². The van der Waals surface area contributed by atoms with Gasteiger partial charge in [-0.2, -0.15) is 0 Å². The molecule has 1 aliphatic carbocycles. The molecule has 1 saturated heterocycles. The first kappa shape index (κ1) is 13.4. The maximum atomic E-state index is 5.67. The zero-order valence-corrected chi connectivity index (χ0v) is 11.8. The summed E-state index contributed by atoms with van der Waals surface area (Å²) in [6.07, 6.45) is 9.72. The summed E-state index contributed by atoms with van der Waals surface area (Å²) in [5, 5.41) is 0. The standard InChI is InChI=1S/C15H30N2/c1-15(2)9-4-3-5-14(15)17-11-7-13(6-10-16)8-12-17/h13-14H,3-12,16H2,1-2H3. The van der Waals surface area contributed by atoms with E-state index in [0.717, 1.165) is 18.5 Å². The molecule has 1 saturated carbocycles. The third-order valence-electron chi connectivity index (χ3n) is 5.12. The van der Waals surface area contributed by atoms with Gasteiger partial charge in [-0.25, -0.2) is 0 Å². The van der Waals surface area contributed by atoms with Gasteiger partial charge >= 0.3 is 0 Å². The highest BCUT2D eigenvalue weighted by Gasteiger charge is 2.37. The van der Waals surface area contributed by atoms with Crippen molar-refractivity contribution in [3.8, 4) is 0 Å². The number of nitrogens with two attached hydrogens (primary N) is 1. The maximum absolute atomic E-state index is 5.67. The average Bonchev–Trinajstić information content (AvgIpc) is 2.30. The predicted molar refractivity (Wildman–Crippen MR) is 74.0 cm³/mol. The van der Waals surface area contributed by atoms with E-state index in [-0.39, 0.29) is 0 Å². The van der Waals surface area contributed by atoms with Crippen LogP contribution in [0.15, 0.2) is 0 Å². The molecule has 2 N–H and O–H groups in total. The van der Waals surface area contributed by atoms with Crippen LogP contribution in [0.25, 0.3) is 0 Å². The summed E-state index contributed by atoms with van der Waals surface area (Å²) in [7, 11) is 0. The van der Waals surface area contributed by atoms with Crippen molar-refractivity contribution in [2.75, 3.05) is 19.6 Å². The second-order valence-electron chi connectivity index (χ2n) is 6.81. The van der Waals surface area contributed by atoms with Crippen molar-refractivity contribution in [1.29, 1.82) is 0 Å². The number of nitrogens with zero attached hydrogens (tertiary/aromatic N) is 1. The van der Waals surface area contributed by atoms with Crippen molar-refractivity contribution in [3.05, 3.63) is 0 Å². The zero-order valence-electron chi connectivity index (χ0n) is 11.8. The molecule has 17 heavy (non-hydrogen) atoms. The first-order chi connectivity index (χ1) is 8.13. The Balaban J connectivity index is 1.87. The molecule has 1 aliphatic heterocycles. The molecule has 2 heteroatoms. The fourth-order valence-electron chi connectivity index (χ4n) is 3.94. The predicted octanol–water partition coefficient (Wildman–Crippen LogP) is 3.02. The van der Waals surface area contributed by atoms with E-state index in [1.807, 2.05) is 0 Å². The summed E-state index contributed by atoms with van der Waals surface area (Å²) in [6, 6.07) is 0.843. The van der Waals surface area contributed by atoms with Gasteiger partial charge in [0.15, 0.2) is 0 Å². The summed E-state index contributed by atoms with van der Waals surface area (Å²) >= 11 is 0. The van der Waals surface area contributed by atoms with Crippen molar-refractivity contribution in [3.63, 3.8) is 0 Å². The summed E-state index contributed by atoms with van der Waals surface area (Å²) in [4.78, 5) is 2.78. The van der Waals surface area contributed by atoms with Crippen LogP contribution in [0.1, 0.15) is 58.8 Å². The number of rotatable bonds is 3. The highest BCUT2D eigenvalue weighted by molar-refractivity contribution is 4.91. The van der Waals surface area contributed by atoms with E-state index in [1.54, 1.807) is 0 Å². The molecule has 0 aromatic heterocycles. The Kier molecular flexibility index (Phi) is 4.48. The molecule has 2 fully saturated rings. The van der Waals surface area contributed by atoms with Crippen molar-refractivity contribution >= 4 is 0 Å². The van der Waals surface area contributed by atoms with Crippen LogP contribution in [0.4, 0.5) is 0 Å². The van der Waals surface area contributed by atoms with Crippen LogP contribution in [0.3, 0.4) is 0 Å². The van der Waals surface area contributed by atoms with Gasteiger partial charge in [-0.1, -0.05) is 26.7 Å². The van der Waals surface area contributed by atoms with Crippen molar-refractivity contribution in [1.82, 2.24) is 4.90 Å². The quantitative estimate of drug-likeness (QED) is 0.819. The van der Waals surface area contributed by atoms with Gasteiger partial charge in [-0.3, -0.25) is 4.90 Å². The summed E-state index contributed by atoms with van der Waals surface area (Å²) in [5.41, 5.74) is 6.21. The van der Waals surface area contributed by atoms with Gasteiger partial charge in [-0.05, 0) is 63.1 Å². The smallest absolute Gasteiger partial charge is 0.0146 e. The lowest BCUT2D eigenvalue weighted by molar-refractivity contribution is 0.0245. The summed E-state index contributed by atoms with van der Waals surface area (Å²) < 4.78 is 0. The maximum Gasteiger partial charge on any atom is 0.0146 e. The van der Waals surface area contributed by atoms with Gasteiger partial charge in [0, 0.05) is 6.04 Å². The lowest BCUT2D eigenvalue weighted by Gasteiger charge is -2.47. The molecule has 2 aliphatic rings. The summed E-state index contributed by atoms with van der Waals surface area (Å²) in [6.45, 7) is 8.46. The lowest BCUT2D eigenvalue weighted by Crippen LogP contribution is -2.50. The fraction of sp³-hybridized carbons (Fsp3) is 1.00. The van der Waals surface area contributed by atoms with Gasteiger partial charge in [-0.15, -0.1) is 0 Å². The second kappa shape index (κ2) is 5.71. The third-order valence-corrected chi connectivity index (χ3v) is 5.12. The number of likely N-dealkylation sites (tertiary alicyclic amines) is 1. The molecule has 0 spiro atoms. The van der Waals surface area contributed by atoms with Crippen LogP contribution in [-0.2, 0) is 0 Å². The van der Waals surface area contributed by atoms with Gasteiger partial charge in [0.2, 0.25) is 0 Å². The van der Waals surface area contributed by atoms with E-state index < -0.39 is 0 Å². The minimum absolute atomic E-state index is 0.541. The van der Waals surface area contributed by atoms with E-state index in [1.165, 1.54) is 58.0 Å². The van der Waals surface area contributed by atoms with E-state index in [4.69, 9.17) is 5.73 Å². The highest BCUT2D eigenvalue weighted by Crippen LogP contribution is 2.40. The van der Waals surface area contributed by atoms with Crippen molar-refractivity contribution in [2.45, 2.75) is 64.8 Å². The molecule has 0 aromatic rings. The second-order valence-corrected chi connectivity index (χ2v) is 6.81. The molecule has 1 unspecified atom stereocenters. The molecule has 1 atom stereocenters. The molecule has 1 heterocycles. The van der Waals surface area contributed by atoms with Crippen LogP contribution >= 0.6 is 0 Å². The molecule has 100 valence electrons. The van der Waals surface area contributed by atoms with E-state index in [0.29, 0.717) is 5.41 Å². The van der Waals surface area contributed by atoms with Crippen molar-refractivity contribution < 1.29 is 0 Å². The molecular formula is C15H30N2. The molecular weight excluding hydrogens is 208 g/mol. The van der Waals surface area contributed by atoms with Gasteiger partial charge in [0.05, 0.1) is 0 Å². The average molecular weight is 238 g/mol. The molecule has 2 rings (SSSR count). The normalized spacial score (nSPS) is 31.6. The van der Waals surface area contributed by atoms with Gasteiger partial charge < -0.3 is 5.73 Å². The van der Waals surface area contributed by atoms with Crippen LogP contribution in [0.2, 0.25) is 0 Å². The zero-order chi connectivity index (χ0) is 12.3. The SMILES string of the molecule is CC1(C)CCCCC1N1CCC(CCN)CC1. The third kappa shape index (κ3) is 3.23. The minimum Gasteiger partial charge on any atom is -0.330 e. The van der Waals surface area contributed by atoms with Crippen LogP contribution in [0.5, 0.6) is 0 Å². The summed E-state index contributed by atoms with van der Waals surface area (Å²) in [5.74, 6) is 0.906. The van der Waals surface area contributed by atoms with E-state index in [2.05, 4.69) is 18.7 Å². The molecule has 0 radical (unpaired) electrons. The van der Waals surface area contributed by atoms with Gasteiger partial charge in [0.25, 0.3) is 0 Å². The highest BCUT2D eigenvalue weighted by atomic mass is 15.2. The van der Waals surface area contributed by atoms with Crippen LogP contribution < -0.4 is 5.73 Å². The fourth-order valence-corrected chi connectivity index (χ4v) is 3.94. The Morgan fingerprint density at radius 3 is 2.41 bits per heavy atom. The molecule has 0 amide bonds. The number of hydrogen-bond donors (Lipinski definition) is 1. The Labute approximate surface area is 107 Å². The first-order valence-corrected chi connectivity index (χ1v) is 7.57. The van der Waals surface area contributed by atoms with Crippen LogP contribution in [0, 0.1) is 11.3 Å². The Bertz CT molecular complexity index is 229. The molecule has 0 aromatic carbocycles. The molecule has 2 nitrogen and oxygen atoms in total. The topological polar surface area (TPSA) is 29.3 Å². The minimum atomic E-state index is 0.541. The largest absolute Gasteiger partial charge is 0.330 e. The number of piperidine rings is 1. The monoisotopic (exact) mass is 238 g/mol. The number of hydrogen-bond acceptors (Lipinski definition) is 2. The van der Waals surface area contributed by atoms with E-state index >= 15 is 0 Å². The lowest BCUT2D eigenvalue weighted by atomic mass is 9.72. The van der Waals surface area contributed by atoms with Gasteiger partial charge in [0.1, 0.15) is 0 Å². The molecule has 0 bridgehead atoms. The Morgan fingerprint density at radius 2 is 1.82 bits per heavy atom. The van der Waals surface area contributed by atoms with E-state index in [9.17, 15) is 0 Å². The van der Waals surface area contributed by atoms with Crippen molar-refractivity contribution in [2.24, 2.45) is 17.1 Å². The first-order valence-electron chi connectivity index (χ1n) is 7.57. The Morgan fingerprint density at radius 1 is 1.12 bits per heavy atom.